The highest BCUT2D eigenvalue weighted by Crippen LogP contribution is 2.35. The van der Waals surface area contributed by atoms with Crippen molar-refractivity contribution in [3.05, 3.63) is 17.3 Å². The van der Waals surface area contributed by atoms with Gasteiger partial charge < -0.3 is 22.1 Å². The highest BCUT2D eigenvalue weighted by molar-refractivity contribution is 5.86. The van der Waals surface area contributed by atoms with Crippen LogP contribution in [0.1, 0.15) is 57.2 Å². The van der Waals surface area contributed by atoms with Crippen molar-refractivity contribution in [1.82, 2.24) is 4.98 Å². The van der Waals surface area contributed by atoms with E-state index in [1.807, 2.05) is 19.9 Å². The van der Waals surface area contributed by atoms with E-state index >= 15 is 0 Å². The standard InChI is InChI=1S/C18H33N5/c1-4-6-8-12-23(13-9-7-11-19)17-15(10-5-2)14(3)22-18(21)16(17)20/h5,10H,4,6-9,11-13,19-20H2,1-3H3,(H2,21,22)/b10-5-. The van der Waals surface area contributed by atoms with Crippen LogP contribution in [0.15, 0.2) is 6.08 Å². The molecule has 0 atom stereocenters. The number of aryl methyl sites for hydroxylation is 1. The summed E-state index contributed by atoms with van der Waals surface area (Å²) in [6, 6.07) is 0. The van der Waals surface area contributed by atoms with Crippen molar-refractivity contribution >= 4 is 23.3 Å². The van der Waals surface area contributed by atoms with Crippen LogP contribution in [0.3, 0.4) is 0 Å². The molecule has 0 fully saturated rings. The van der Waals surface area contributed by atoms with Crippen molar-refractivity contribution in [3.63, 3.8) is 0 Å². The lowest BCUT2D eigenvalue weighted by molar-refractivity contribution is 0.644. The number of rotatable bonds is 10. The molecule has 0 aromatic carbocycles. The van der Waals surface area contributed by atoms with Gasteiger partial charge in [-0.25, -0.2) is 4.98 Å². The maximum atomic E-state index is 6.30. The van der Waals surface area contributed by atoms with Crippen molar-refractivity contribution in [1.29, 1.82) is 0 Å². The Morgan fingerprint density at radius 2 is 1.74 bits per heavy atom. The van der Waals surface area contributed by atoms with Crippen LogP contribution in [-0.2, 0) is 0 Å². The van der Waals surface area contributed by atoms with Crippen LogP contribution in [0.25, 0.3) is 6.08 Å². The van der Waals surface area contributed by atoms with Crippen LogP contribution in [0.5, 0.6) is 0 Å². The van der Waals surface area contributed by atoms with E-state index in [1.165, 1.54) is 12.8 Å². The lowest BCUT2D eigenvalue weighted by Gasteiger charge is -2.29. The Hall–Kier alpha value is -1.75. The zero-order valence-corrected chi connectivity index (χ0v) is 14.9. The van der Waals surface area contributed by atoms with Crippen molar-refractivity contribution < 1.29 is 0 Å². The highest BCUT2D eigenvalue weighted by Gasteiger charge is 2.18. The second-order valence-electron chi connectivity index (χ2n) is 5.95. The first kappa shape index (κ1) is 19.3. The Labute approximate surface area is 140 Å². The molecule has 1 heterocycles. The van der Waals surface area contributed by atoms with Crippen LogP contribution in [0.2, 0.25) is 0 Å². The molecule has 0 unspecified atom stereocenters. The zero-order valence-electron chi connectivity index (χ0n) is 14.9. The number of aromatic nitrogens is 1. The first-order valence-electron chi connectivity index (χ1n) is 8.70. The predicted octanol–water partition coefficient (Wildman–Crippen LogP) is 3.32. The quantitative estimate of drug-likeness (QED) is 0.575. The molecule has 0 radical (unpaired) electrons. The highest BCUT2D eigenvalue weighted by atomic mass is 15.1. The molecule has 1 aromatic rings. The van der Waals surface area contributed by atoms with E-state index in [2.05, 4.69) is 22.9 Å². The van der Waals surface area contributed by atoms with E-state index in [0.29, 0.717) is 11.5 Å². The van der Waals surface area contributed by atoms with Gasteiger partial charge in [0.15, 0.2) is 0 Å². The normalized spacial score (nSPS) is 11.3. The summed E-state index contributed by atoms with van der Waals surface area (Å²) in [6.07, 6.45) is 9.73. The monoisotopic (exact) mass is 319 g/mol. The number of unbranched alkanes of at least 4 members (excludes halogenated alkanes) is 3. The average Bonchev–Trinajstić information content (AvgIpc) is 2.52. The topological polar surface area (TPSA) is 94.2 Å². The second kappa shape index (κ2) is 10.1. The minimum absolute atomic E-state index is 0.421. The Morgan fingerprint density at radius 1 is 1.09 bits per heavy atom. The molecule has 0 spiro atoms. The van der Waals surface area contributed by atoms with E-state index in [4.69, 9.17) is 17.2 Å². The molecule has 23 heavy (non-hydrogen) atoms. The Morgan fingerprint density at radius 3 is 2.30 bits per heavy atom. The molecular formula is C18H33N5. The number of pyridine rings is 1. The number of hydrogen-bond donors (Lipinski definition) is 3. The lowest BCUT2D eigenvalue weighted by Crippen LogP contribution is -2.28. The van der Waals surface area contributed by atoms with Gasteiger partial charge in [0.1, 0.15) is 5.82 Å². The van der Waals surface area contributed by atoms with E-state index < -0.39 is 0 Å². The number of anilines is 3. The SMILES string of the molecule is C/C=C\c1c(C)nc(N)c(N)c1N(CCCCC)CCCCN. The van der Waals surface area contributed by atoms with Gasteiger partial charge in [0.05, 0.1) is 11.4 Å². The molecule has 5 nitrogen and oxygen atoms in total. The third-order valence-corrected chi connectivity index (χ3v) is 4.03. The summed E-state index contributed by atoms with van der Waals surface area (Å²) in [7, 11) is 0. The van der Waals surface area contributed by atoms with Crippen molar-refractivity contribution in [2.45, 2.75) is 52.9 Å². The molecule has 0 saturated carbocycles. The third-order valence-electron chi connectivity index (χ3n) is 4.03. The van der Waals surface area contributed by atoms with Gasteiger partial charge in [-0.1, -0.05) is 31.9 Å². The van der Waals surface area contributed by atoms with Gasteiger partial charge in [-0.2, -0.15) is 0 Å². The Kier molecular flexibility index (Phi) is 8.48. The maximum absolute atomic E-state index is 6.30. The van der Waals surface area contributed by atoms with Crippen molar-refractivity contribution in [2.75, 3.05) is 36.0 Å². The predicted molar refractivity (Wildman–Crippen MR) is 103 cm³/mol. The summed E-state index contributed by atoms with van der Waals surface area (Å²) in [5.41, 5.74) is 21.6. The molecule has 0 aliphatic carbocycles. The molecule has 0 amide bonds. The van der Waals surface area contributed by atoms with Crippen molar-refractivity contribution in [3.8, 4) is 0 Å². The van der Waals surface area contributed by atoms with Crippen LogP contribution in [-0.4, -0.2) is 24.6 Å². The molecule has 0 aliphatic rings. The lowest BCUT2D eigenvalue weighted by atomic mass is 10.1. The van der Waals surface area contributed by atoms with E-state index in [1.54, 1.807) is 0 Å². The largest absolute Gasteiger partial charge is 0.394 e. The minimum atomic E-state index is 0.421. The third kappa shape index (κ3) is 5.43. The average molecular weight is 319 g/mol. The molecule has 6 N–H and O–H groups in total. The Balaban J connectivity index is 3.20. The van der Waals surface area contributed by atoms with Gasteiger partial charge in [-0.3, -0.25) is 0 Å². The molecule has 1 aromatic heterocycles. The van der Waals surface area contributed by atoms with Crippen LogP contribution in [0.4, 0.5) is 17.2 Å². The summed E-state index contributed by atoms with van der Waals surface area (Å²) < 4.78 is 0. The van der Waals surface area contributed by atoms with Gasteiger partial charge in [0.25, 0.3) is 0 Å². The summed E-state index contributed by atoms with van der Waals surface area (Å²) in [4.78, 5) is 6.74. The molecule has 5 heteroatoms. The van der Waals surface area contributed by atoms with Crippen molar-refractivity contribution in [2.24, 2.45) is 5.73 Å². The van der Waals surface area contributed by atoms with Crippen LogP contribution in [0, 0.1) is 6.92 Å². The molecule has 0 bridgehead atoms. The fourth-order valence-electron chi connectivity index (χ4n) is 2.78. The molecule has 0 aliphatic heterocycles. The number of nitrogens with two attached hydrogens (primary N) is 3. The fourth-order valence-corrected chi connectivity index (χ4v) is 2.78. The molecule has 130 valence electrons. The van der Waals surface area contributed by atoms with Gasteiger partial charge in [-0.05, 0) is 39.7 Å². The van der Waals surface area contributed by atoms with Gasteiger partial charge >= 0.3 is 0 Å². The summed E-state index contributed by atoms with van der Waals surface area (Å²) in [5.74, 6) is 0.421. The second-order valence-corrected chi connectivity index (χ2v) is 5.95. The summed E-state index contributed by atoms with van der Waals surface area (Å²) in [6.45, 7) is 8.85. The molecular weight excluding hydrogens is 286 g/mol. The molecule has 0 saturated heterocycles. The minimum Gasteiger partial charge on any atom is -0.394 e. The van der Waals surface area contributed by atoms with Gasteiger partial charge in [0, 0.05) is 24.3 Å². The summed E-state index contributed by atoms with van der Waals surface area (Å²) >= 11 is 0. The van der Waals surface area contributed by atoms with E-state index in [9.17, 15) is 0 Å². The first-order chi connectivity index (χ1) is 11.1. The smallest absolute Gasteiger partial charge is 0.149 e. The number of nitrogens with zero attached hydrogens (tertiary/aromatic N) is 2. The van der Waals surface area contributed by atoms with Crippen LogP contribution < -0.4 is 22.1 Å². The van der Waals surface area contributed by atoms with E-state index in [-0.39, 0.29) is 0 Å². The fraction of sp³-hybridized carbons (Fsp3) is 0.611. The zero-order chi connectivity index (χ0) is 17.2. The maximum Gasteiger partial charge on any atom is 0.149 e. The summed E-state index contributed by atoms with van der Waals surface area (Å²) in [5, 5.41) is 0. The number of nitrogen functional groups attached to an aromatic ring is 2. The first-order valence-corrected chi connectivity index (χ1v) is 8.70. The number of allylic oxidation sites excluding steroid dienone is 1. The van der Waals surface area contributed by atoms with E-state index in [0.717, 1.165) is 55.8 Å². The molecule has 1 rings (SSSR count). The Bertz CT molecular complexity index is 501. The van der Waals surface area contributed by atoms with Gasteiger partial charge in [0.2, 0.25) is 0 Å². The van der Waals surface area contributed by atoms with Crippen LogP contribution >= 0.6 is 0 Å². The number of hydrogen-bond acceptors (Lipinski definition) is 5. The van der Waals surface area contributed by atoms with Gasteiger partial charge in [-0.15, -0.1) is 0 Å².